The number of nitrogens with zero attached hydrogens (tertiary/aromatic N) is 2. The molecule has 2 aliphatic carbocycles. The van der Waals surface area contributed by atoms with Crippen molar-refractivity contribution < 1.29 is 18.7 Å². The Balaban J connectivity index is 1.37. The minimum Gasteiger partial charge on any atom is -0.395 e. The predicted octanol–water partition coefficient (Wildman–Crippen LogP) is 5.14. The number of anilines is 3. The van der Waals surface area contributed by atoms with Crippen LogP contribution in [0, 0.1) is 11.3 Å². The fraction of sp³-hybridized carbons (Fsp3) is 0.556. The predicted molar refractivity (Wildman–Crippen MR) is 144 cm³/mol. The lowest BCUT2D eigenvalue weighted by Crippen LogP contribution is -2.36. The van der Waals surface area contributed by atoms with Gasteiger partial charge in [-0.15, -0.1) is 0 Å². The summed E-state index contributed by atoms with van der Waals surface area (Å²) in [5.74, 6) is -1.90. The van der Waals surface area contributed by atoms with E-state index in [1.807, 2.05) is 12.1 Å². The van der Waals surface area contributed by atoms with Crippen LogP contribution in [0.2, 0.25) is 0 Å². The van der Waals surface area contributed by atoms with Crippen molar-refractivity contribution in [2.24, 2.45) is 11.3 Å². The van der Waals surface area contributed by atoms with Gasteiger partial charge in [-0.05, 0) is 67.3 Å². The van der Waals surface area contributed by atoms with E-state index in [0.717, 1.165) is 30.9 Å². The number of carbonyl (C=O) groups excluding carboxylic acids is 1. The third-order valence-electron chi connectivity index (χ3n) is 8.20. The molecule has 5 rings (SSSR count). The number of pyridine rings is 1. The van der Waals surface area contributed by atoms with E-state index in [2.05, 4.69) is 21.9 Å². The topological polar surface area (TPSA) is 86.6 Å². The molecule has 200 valence electrons. The van der Waals surface area contributed by atoms with Crippen LogP contribution < -0.4 is 20.5 Å². The molecule has 2 unspecified atom stereocenters. The largest absolute Gasteiger partial charge is 0.395 e. The molecule has 2 aromatic rings. The summed E-state index contributed by atoms with van der Waals surface area (Å²) in [7, 11) is 0. The van der Waals surface area contributed by atoms with Gasteiger partial charge in [0.1, 0.15) is 5.69 Å². The van der Waals surface area contributed by atoms with Gasteiger partial charge in [0.25, 0.3) is 11.5 Å². The molecule has 10 heteroatoms. The number of aromatic nitrogens is 1. The van der Waals surface area contributed by atoms with E-state index in [-0.39, 0.29) is 55.5 Å². The van der Waals surface area contributed by atoms with Gasteiger partial charge in [0, 0.05) is 49.6 Å². The van der Waals surface area contributed by atoms with Gasteiger partial charge in [-0.1, -0.05) is 18.9 Å². The molecule has 0 bridgehead atoms. The third-order valence-corrected chi connectivity index (χ3v) is 8.97. The number of alkyl halides is 2. The van der Waals surface area contributed by atoms with Gasteiger partial charge < -0.3 is 24.6 Å². The third kappa shape index (κ3) is 5.65. The Morgan fingerprint density at radius 1 is 1.22 bits per heavy atom. The number of nitrogens with one attached hydrogen (secondary N) is 2. The zero-order chi connectivity index (χ0) is 26.2. The highest BCUT2D eigenvalue weighted by molar-refractivity contribution is 8.00. The number of piperidine rings is 1. The van der Waals surface area contributed by atoms with E-state index in [0.29, 0.717) is 22.6 Å². The van der Waals surface area contributed by atoms with Gasteiger partial charge in [-0.25, -0.2) is 8.78 Å². The molecule has 7 nitrogen and oxygen atoms in total. The Morgan fingerprint density at radius 3 is 2.73 bits per heavy atom. The summed E-state index contributed by atoms with van der Waals surface area (Å²) in [5, 5.41) is 11.9. The molecule has 1 amide bonds. The van der Waals surface area contributed by atoms with Crippen molar-refractivity contribution in [1.82, 2.24) is 4.57 Å². The molecule has 2 atom stereocenters. The van der Waals surface area contributed by atoms with Crippen LogP contribution >= 0.6 is 11.9 Å². The first kappa shape index (κ1) is 26.0. The van der Waals surface area contributed by atoms with Gasteiger partial charge in [-0.2, -0.15) is 0 Å². The van der Waals surface area contributed by atoms with Crippen LogP contribution in [0.5, 0.6) is 0 Å². The Hall–Kier alpha value is -2.59. The van der Waals surface area contributed by atoms with Crippen LogP contribution in [0.3, 0.4) is 0 Å². The van der Waals surface area contributed by atoms with Crippen molar-refractivity contribution in [3.63, 3.8) is 0 Å². The summed E-state index contributed by atoms with van der Waals surface area (Å²) in [6.07, 6.45) is 3.86. The average molecular weight is 533 g/mol. The van der Waals surface area contributed by atoms with E-state index in [1.54, 1.807) is 24.4 Å². The number of carbonyl (C=O) groups is 1. The number of halogens is 2. The van der Waals surface area contributed by atoms with Gasteiger partial charge in [0.15, 0.2) is 0 Å². The molecular weight excluding hydrogens is 498 g/mol. The fourth-order valence-electron chi connectivity index (χ4n) is 5.68. The average Bonchev–Trinajstić information content (AvgIpc) is 3.56. The monoisotopic (exact) mass is 532 g/mol. The molecule has 2 saturated carbocycles. The van der Waals surface area contributed by atoms with Gasteiger partial charge >= 0.3 is 0 Å². The zero-order valence-electron chi connectivity index (χ0n) is 21.0. The van der Waals surface area contributed by atoms with E-state index in [9.17, 15) is 18.4 Å². The number of rotatable bonds is 8. The number of hydrogen-bond donors (Lipinski definition) is 3. The Bertz CT molecular complexity index is 1210. The first-order chi connectivity index (χ1) is 17.7. The number of aliphatic hydroxyl groups is 1. The molecule has 1 aromatic carbocycles. The molecule has 3 fully saturated rings. The SMILES string of the molecule is CC12CCN(c3cc(NSCCO)ccc3C(=O)Nc3cccn(C4CCC(F)(F)CC4)c3=O)CC1C2. The van der Waals surface area contributed by atoms with E-state index < -0.39 is 5.92 Å². The van der Waals surface area contributed by atoms with Gasteiger partial charge in [0.05, 0.1) is 17.9 Å². The summed E-state index contributed by atoms with van der Waals surface area (Å²) in [6, 6.07) is 8.47. The lowest BCUT2D eigenvalue weighted by Gasteiger charge is -2.33. The molecule has 1 saturated heterocycles. The summed E-state index contributed by atoms with van der Waals surface area (Å²) in [5.41, 5.74) is 2.30. The summed E-state index contributed by atoms with van der Waals surface area (Å²) < 4.78 is 31.9. The number of amides is 1. The van der Waals surface area contributed by atoms with E-state index in [4.69, 9.17) is 5.11 Å². The summed E-state index contributed by atoms with van der Waals surface area (Å²) in [4.78, 5) is 28.9. The molecule has 3 aliphatic rings. The van der Waals surface area contributed by atoms with Gasteiger partial charge in [-0.3, -0.25) is 9.59 Å². The Morgan fingerprint density at radius 2 is 2.00 bits per heavy atom. The lowest BCUT2D eigenvalue weighted by molar-refractivity contribution is -0.0442. The van der Waals surface area contributed by atoms with Crippen molar-refractivity contribution >= 4 is 34.9 Å². The van der Waals surface area contributed by atoms with Crippen molar-refractivity contribution in [1.29, 1.82) is 0 Å². The van der Waals surface area contributed by atoms with Crippen LogP contribution in [0.4, 0.5) is 25.8 Å². The van der Waals surface area contributed by atoms with Crippen molar-refractivity contribution in [3.8, 4) is 0 Å². The van der Waals surface area contributed by atoms with Gasteiger partial charge in [0.2, 0.25) is 5.92 Å². The smallest absolute Gasteiger partial charge is 0.274 e. The van der Waals surface area contributed by atoms with Crippen LogP contribution in [-0.2, 0) is 0 Å². The van der Waals surface area contributed by atoms with E-state index in [1.165, 1.54) is 22.9 Å². The fourth-order valence-corrected chi connectivity index (χ4v) is 6.16. The number of benzene rings is 1. The first-order valence-electron chi connectivity index (χ1n) is 13.0. The molecule has 1 aliphatic heterocycles. The standard InChI is InChI=1S/C27H34F2N4O3S/c1-26-10-12-32(17-18(26)16-26)23-15-19(31-37-14-13-34)4-5-21(23)24(35)30-22-3-2-11-33(25(22)36)20-6-8-27(28,29)9-7-20/h2-5,11,15,18,20,31,34H,6-10,12-14,16-17H2,1H3,(H,30,35). The minimum absolute atomic E-state index is 0.0648. The molecule has 37 heavy (non-hydrogen) atoms. The van der Waals surface area contributed by atoms with Crippen molar-refractivity contribution in [2.75, 3.05) is 40.4 Å². The molecule has 2 heterocycles. The Labute approximate surface area is 219 Å². The molecule has 3 N–H and O–H groups in total. The molecular formula is C27H34F2N4O3S. The maximum Gasteiger partial charge on any atom is 0.274 e. The highest BCUT2D eigenvalue weighted by Gasteiger charge is 2.52. The first-order valence-corrected chi connectivity index (χ1v) is 14.0. The quantitative estimate of drug-likeness (QED) is 0.323. The molecule has 1 aromatic heterocycles. The number of aliphatic hydroxyl groups excluding tert-OH is 1. The summed E-state index contributed by atoms with van der Waals surface area (Å²) in [6.45, 7) is 4.12. The second kappa shape index (κ2) is 10.3. The lowest BCUT2D eigenvalue weighted by atomic mass is 9.92. The number of fused-ring (bicyclic) bond motifs is 1. The second-order valence-electron chi connectivity index (χ2n) is 10.8. The van der Waals surface area contributed by atoms with Crippen LogP contribution in [0.1, 0.15) is 61.8 Å². The molecule has 0 radical (unpaired) electrons. The highest BCUT2D eigenvalue weighted by Crippen LogP contribution is 2.58. The number of hydrogen-bond acceptors (Lipinski definition) is 6. The molecule has 0 spiro atoms. The van der Waals surface area contributed by atoms with Crippen molar-refractivity contribution in [3.05, 3.63) is 52.4 Å². The highest BCUT2D eigenvalue weighted by atomic mass is 32.2. The minimum atomic E-state index is -2.67. The maximum atomic E-state index is 13.6. The normalized spacial score (nSPS) is 24.9. The van der Waals surface area contributed by atoms with Crippen LogP contribution in [0.25, 0.3) is 0 Å². The zero-order valence-corrected chi connectivity index (χ0v) is 21.8. The summed E-state index contributed by atoms with van der Waals surface area (Å²) >= 11 is 1.39. The van der Waals surface area contributed by atoms with Crippen LogP contribution in [-0.4, -0.2) is 47.0 Å². The van der Waals surface area contributed by atoms with Crippen LogP contribution in [0.15, 0.2) is 41.3 Å². The maximum absolute atomic E-state index is 13.6. The Kier molecular flexibility index (Phi) is 7.24. The van der Waals surface area contributed by atoms with Crippen molar-refractivity contribution in [2.45, 2.75) is 57.4 Å². The van der Waals surface area contributed by atoms with E-state index >= 15 is 0 Å². The second-order valence-corrected chi connectivity index (χ2v) is 11.7.